The summed E-state index contributed by atoms with van der Waals surface area (Å²) in [6, 6.07) is 0.270. The van der Waals surface area contributed by atoms with E-state index in [1.807, 2.05) is 4.90 Å². The fourth-order valence-electron chi connectivity index (χ4n) is 3.47. The van der Waals surface area contributed by atoms with E-state index in [0.717, 1.165) is 52.0 Å². The summed E-state index contributed by atoms with van der Waals surface area (Å²) >= 11 is 0. The second-order valence-corrected chi connectivity index (χ2v) is 6.97. The number of nitrogens with zero attached hydrogens (tertiary/aromatic N) is 2. The number of ether oxygens (including phenoxy) is 1. The molecule has 5 nitrogen and oxygen atoms in total. The van der Waals surface area contributed by atoms with E-state index in [1.54, 1.807) is 0 Å². The summed E-state index contributed by atoms with van der Waals surface area (Å²) < 4.78 is 5.60. The lowest BCUT2D eigenvalue weighted by atomic mass is 9.99. The lowest BCUT2D eigenvalue weighted by Crippen LogP contribution is -2.54. The molecule has 0 bridgehead atoms. The van der Waals surface area contributed by atoms with Crippen molar-refractivity contribution >= 4 is 30.7 Å². The van der Waals surface area contributed by atoms with Gasteiger partial charge in [0.2, 0.25) is 5.91 Å². The topological polar surface area (TPSA) is 58.8 Å². The monoisotopic (exact) mass is 369 g/mol. The molecule has 2 saturated heterocycles. The van der Waals surface area contributed by atoms with Gasteiger partial charge in [0.05, 0.1) is 18.8 Å². The van der Waals surface area contributed by atoms with Gasteiger partial charge in [-0.25, -0.2) is 0 Å². The van der Waals surface area contributed by atoms with Crippen LogP contribution in [-0.2, 0) is 9.53 Å². The number of piperidine rings is 1. The normalized spacial score (nSPS) is 24.7. The molecule has 0 aromatic carbocycles. The number of carbonyl (C=O) groups excluding carboxylic acids is 1. The van der Waals surface area contributed by atoms with Crippen molar-refractivity contribution in [1.29, 1.82) is 0 Å². The number of rotatable bonds is 4. The second-order valence-electron chi connectivity index (χ2n) is 6.97. The number of morpholine rings is 1. The molecule has 2 aliphatic heterocycles. The summed E-state index contributed by atoms with van der Waals surface area (Å²) in [5, 5.41) is 0. The van der Waals surface area contributed by atoms with Crippen molar-refractivity contribution in [3.63, 3.8) is 0 Å². The fraction of sp³-hybridized carbons (Fsp3) is 0.938. The first-order chi connectivity index (χ1) is 9.97. The van der Waals surface area contributed by atoms with Gasteiger partial charge in [0, 0.05) is 32.2 Å². The highest BCUT2D eigenvalue weighted by atomic mass is 35.5. The highest BCUT2D eigenvalue weighted by Gasteiger charge is 2.30. The average molecular weight is 370 g/mol. The minimum Gasteiger partial charge on any atom is -0.376 e. The molecule has 0 aromatic heterocycles. The molecular weight excluding hydrogens is 337 g/mol. The molecule has 0 radical (unpaired) electrons. The number of carbonyl (C=O) groups is 1. The highest BCUT2D eigenvalue weighted by molar-refractivity contribution is 5.85. The third kappa shape index (κ3) is 6.75. The molecule has 0 aliphatic carbocycles. The van der Waals surface area contributed by atoms with Gasteiger partial charge in [-0.05, 0) is 32.1 Å². The first-order valence-electron chi connectivity index (χ1n) is 8.37. The van der Waals surface area contributed by atoms with Crippen molar-refractivity contribution < 1.29 is 9.53 Å². The molecule has 2 fully saturated rings. The summed E-state index contributed by atoms with van der Waals surface area (Å²) in [5.74, 6) is 0.605. The van der Waals surface area contributed by atoms with E-state index >= 15 is 0 Å². The molecule has 0 saturated carbocycles. The molecule has 1 amide bonds. The van der Waals surface area contributed by atoms with Crippen molar-refractivity contribution in [2.45, 2.75) is 58.2 Å². The molecule has 23 heavy (non-hydrogen) atoms. The zero-order chi connectivity index (χ0) is 15.4. The Kier molecular flexibility index (Phi) is 10.7. The van der Waals surface area contributed by atoms with E-state index in [2.05, 4.69) is 25.7 Å². The van der Waals surface area contributed by atoms with Gasteiger partial charge in [-0.3, -0.25) is 9.69 Å². The number of amides is 1. The molecule has 0 spiro atoms. The molecule has 138 valence electrons. The molecule has 1 unspecified atom stereocenters. The smallest absolute Gasteiger partial charge is 0.239 e. The van der Waals surface area contributed by atoms with Gasteiger partial charge < -0.3 is 15.4 Å². The van der Waals surface area contributed by atoms with Crippen LogP contribution < -0.4 is 5.73 Å². The summed E-state index contributed by atoms with van der Waals surface area (Å²) in [6.45, 7) is 10.9. The van der Waals surface area contributed by atoms with Gasteiger partial charge >= 0.3 is 0 Å². The zero-order valence-corrected chi connectivity index (χ0v) is 16.2. The first kappa shape index (κ1) is 22.9. The van der Waals surface area contributed by atoms with Crippen LogP contribution in [0.25, 0.3) is 0 Å². The lowest BCUT2D eigenvalue weighted by Gasteiger charge is -2.42. The Morgan fingerprint density at radius 1 is 1.22 bits per heavy atom. The standard InChI is InChI=1S/C16H31N3O2.2ClH/c1-12(2)10-15(17)16(20)18-6-4-14(5-7-18)19-8-9-21-13(3)11-19;;/h12-15H,4-11,17H2,1-3H3;2*1H/t13?,15-;;/m0../s1. The van der Waals surface area contributed by atoms with Gasteiger partial charge in [0.1, 0.15) is 0 Å². The first-order valence-corrected chi connectivity index (χ1v) is 8.37. The van der Waals surface area contributed by atoms with Gasteiger partial charge in [-0.1, -0.05) is 13.8 Å². The second kappa shape index (κ2) is 10.7. The van der Waals surface area contributed by atoms with Gasteiger partial charge in [-0.15, -0.1) is 24.8 Å². The number of hydrogen-bond acceptors (Lipinski definition) is 4. The Labute approximate surface area is 153 Å². The van der Waals surface area contributed by atoms with Gasteiger partial charge in [0.15, 0.2) is 0 Å². The fourth-order valence-corrected chi connectivity index (χ4v) is 3.47. The third-order valence-electron chi connectivity index (χ3n) is 4.61. The van der Waals surface area contributed by atoms with Crippen molar-refractivity contribution in [2.24, 2.45) is 11.7 Å². The van der Waals surface area contributed by atoms with Crippen molar-refractivity contribution in [2.75, 3.05) is 32.8 Å². The molecule has 2 aliphatic rings. The predicted molar refractivity (Wildman–Crippen MR) is 98.5 cm³/mol. The molecule has 2 atom stereocenters. The summed E-state index contributed by atoms with van der Waals surface area (Å²) in [5.41, 5.74) is 6.03. The Morgan fingerprint density at radius 3 is 2.35 bits per heavy atom. The van der Waals surface area contributed by atoms with Crippen molar-refractivity contribution in [3.8, 4) is 0 Å². The maximum absolute atomic E-state index is 12.3. The Balaban J connectivity index is 0.00000242. The number of likely N-dealkylation sites (tertiary alicyclic amines) is 1. The Hall–Kier alpha value is -0.0700. The van der Waals surface area contributed by atoms with Crippen LogP contribution in [-0.4, -0.2) is 66.7 Å². The Morgan fingerprint density at radius 2 is 1.83 bits per heavy atom. The maximum Gasteiger partial charge on any atom is 0.239 e. The largest absolute Gasteiger partial charge is 0.376 e. The van der Waals surface area contributed by atoms with E-state index in [4.69, 9.17) is 10.5 Å². The van der Waals surface area contributed by atoms with E-state index in [1.165, 1.54) is 0 Å². The van der Waals surface area contributed by atoms with Crippen LogP contribution in [0.2, 0.25) is 0 Å². The number of hydrogen-bond donors (Lipinski definition) is 1. The minimum absolute atomic E-state index is 0. The lowest BCUT2D eigenvalue weighted by molar-refractivity contribution is -0.135. The molecule has 2 heterocycles. The molecule has 2 rings (SSSR count). The molecule has 7 heteroatoms. The van der Waals surface area contributed by atoms with Crippen LogP contribution in [0.15, 0.2) is 0 Å². The van der Waals surface area contributed by atoms with Crippen LogP contribution in [0.1, 0.15) is 40.0 Å². The van der Waals surface area contributed by atoms with Crippen LogP contribution in [0.3, 0.4) is 0 Å². The summed E-state index contributed by atoms with van der Waals surface area (Å²) in [7, 11) is 0. The SMILES string of the molecule is CC(C)C[C@H](N)C(=O)N1CCC(N2CCOC(C)C2)CC1.Cl.Cl. The number of nitrogens with two attached hydrogens (primary N) is 1. The van der Waals surface area contributed by atoms with Crippen LogP contribution in [0.5, 0.6) is 0 Å². The third-order valence-corrected chi connectivity index (χ3v) is 4.61. The van der Waals surface area contributed by atoms with E-state index < -0.39 is 0 Å². The van der Waals surface area contributed by atoms with Crippen LogP contribution in [0, 0.1) is 5.92 Å². The quantitative estimate of drug-likeness (QED) is 0.822. The minimum atomic E-state index is -0.329. The van der Waals surface area contributed by atoms with E-state index in [-0.39, 0.29) is 36.8 Å². The molecule has 2 N–H and O–H groups in total. The van der Waals surface area contributed by atoms with Crippen molar-refractivity contribution in [3.05, 3.63) is 0 Å². The summed E-state index contributed by atoms with van der Waals surface area (Å²) in [6.07, 6.45) is 3.23. The number of halogens is 2. The summed E-state index contributed by atoms with van der Waals surface area (Å²) in [4.78, 5) is 16.8. The van der Waals surface area contributed by atoms with E-state index in [9.17, 15) is 4.79 Å². The Bertz CT molecular complexity index is 350. The van der Waals surface area contributed by atoms with Gasteiger partial charge in [-0.2, -0.15) is 0 Å². The van der Waals surface area contributed by atoms with Crippen LogP contribution >= 0.6 is 24.8 Å². The average Bonchev–Trinajstić information content (AvgIpc) is 2.46. The zero-order valence-electron chi connectivity index (χ0n) is 14.6. The highest BCUT2D eigenvalue weighted by Crippen LogP contribution is 2.20. The molecular formula is C16H33Cl2N3O2. The van der Waals surface area contributed by atoms with Gasteiger partial charge in [0.25, 0.3) is 0 Å². The van der Waals surface area contributed by atoms with Crippen molar-refractivity contribution in [1.82, 2.24) is 9.80 Å². The van der Waals surface area contributed by atoms with Crippen LogP contribution in [0.4, 0.5) is 0 Å². The van der Waals surface area contributed by atoms with E-state index in [0.29, 0.717) is 18.1 Å². The predicted octanol–water partition coefficient (Wildman–Crippen LogP) is 1.92. The maximum atomic E-state index is 12.3. The molecule has 0 aromatic rings.